The number of aliphatic hydroxyl groups is 1. The minimum atomic E-state index is -0.346. The third-order valence-corrected chi connectivity index (χ3v) is 3.56. The molecule has 0 unspecified atom stereocenters. The molecule has 1 rings (SSSR count). The Hall–Kier alpha value is -0.910. The minimum absolute atomic E-state index is 0.140. The van der Waals surface area contributed by atoms with Crippen LogP contribution in [0.1, 0.15) is 29.8 Å². The molecule has 1 aromatic carbocycles. The summed E-state index contributed by atoms with van der Waals surface area (Å²) in [7, 11) is 1.36. The second-order valence-electron chi connectivity index (χ2n) is 5.22. The summed E-state index contributed by atoms with van der Waals surface area (Å²) in [6.07, 6.45) is 0. The summed E-state index contributed by atoms with van der Waals surface area (Å²) in [4.78, 5) is 11.4. The predicted molar refractivity (Wildman–Crippen MR) is 78.1 cm³/mol. The van der Waals surface area contributed by atoms with Crippen molar-refractivity contribution in [2.75, 3.05) is 20.3 Å². The van der Waals surface area contributed by atoms with E-state index in [0.717, 1.165) is 10.0 Å². The van der Waals surface area contributed by atoms with Crippen molar-refractivity contribution in [3.05, 3.63) is 33.8 Å². The molecule has 106 valence electrons. The zero-order valence-electron chi connectivity index (χ0n) is 11.5. The number of halogens is 1. The molecule has 4 nitrogen and oxygen atoms in total. The number of hydrogen-bond donors (Lipinski definition) is 2. The first kappa shape index (κ1) is 16.1. The highest BCUT2D eigenvalue weighted by molar-refractivity contribution is 9.10. The summed E-state index contributed by atoms with van der Waals surface area (Å²) in [5.74, 6) is -0.346. The summed E-state index contributed by atoms with van der Waals surface area (Å²) in [5.41, 5.74) is 1.44. The standard InChI is InChI=1S/C14H20BrNO3/c1-14(2,9-17)8-16-7-11-5-4-10(6-12(11)15)13(18)19-3/h4-6,16-17H,7-9H2,1-3H3. The van der Waals surface area contributed by atoms with E-state index >= 15 is 0 Å². The maximum absolute atomic E-state index is 11.4. The van der Waals surface area contributed by atoms with E-state index in [1.807, 2.05) is 19.9 Å². The van der Waals surface area contributed by atoms with Gasteiger partial charge >= 0.3 is 5.97 Å². The number of hydrogen-bond acceptors (Lipinski definition) is 4. The fourth-order valence-electron chi connectivity index (χ4n) is 1.53. The van der Waals surface area contributed by atoms with Crippen LogP contribution in [0.3, 0.4) is 0 Å². The summed E-state index contributed by atoms with van der Waals surface area (Å²) < 4.78 is 5.53. The van der Waals surface area contributed by atoms with Gasteiger partial charge in [-0.05, 0) is 17.7 Å². The zero-order chi connectivity index (χ0) is 14.5. The van der Waals surface area contributed by atoms with E-state index in [1.165, 1.54) is 7.11 Å². The topological polar surface area (TPSA) is 58.6 Å². The van der Waals surface area contributed by atoms with Gasteiger partial charge in [0.1, 0.15) is 0 Å². The minimum Gasteiger partial charge on any atom is -0.465 e. The molecule has 19 heavy (non-hydrogen) atoms. The molecule has 0 aliphatic heterocycles. The van der Waals surface area contributed by atoms with Gasteiger partial charge < -0.3 is 15.2 Å². The van der Waals surface area contributed by atoms with Gasteiger partial charge in [0.25, 0.3) is 0 Å². The number of nitrogens with one attached hydrogen (secondary N) is 1. The van der Waals surface area contributed by atoms with Crippen LogP contribution in [-0.4, -0.2) is 31.3 Å². The predicted octanol–water partition coefficient (Wildman–Crippen LogP) is 2.34. The lowest BCUT2D eigenvalue weighted by Gasteiger charge is -2.22. The molecule has 0 atom stereocenters. The van der Waals surface area contributed by atoms with Gasteiger partial charge in [-0.3, -0.25) is 0 Å². The Kier molecular flexibility index (Phi) is 5.97. The maximum Gasteiger partial charge on any atom is 0.337 e. The normalized spacial score (nSPS) is 11.4. The van der Waals surface area contributed by atoms with Gasteiger partial charge in [0, 0.05) is 29.6 Å². The van der Waals surface area contributed by atoms with Crippen LogP contribution < -0.4 is 5.32 Å². The van der Waals surface area contributed by atoms with Crippen molar-refractivity contribution in [3.63, 3.8) is 0 Å². The lowest BCUT2D eigenvalue weighted by Crippen LogP contribution is -2.31. The van der Waals surface area contributed by atoms with Gasteiger partial charge in [-0.2, -0.15) is 0 Å². The Morgan fingerprint density at radius 3 is 2.68 bits per heavy atom. The van der Waals surface area contributed by atoms with Crippen LogP contribution in [0.4, 0.5) is 0 Å². The van der Waals surface area contributed by atoms with Crippen molar-refractivity contribution in [1.82, 2.24) is 5.32 Å². The highest BCUT2D eigenvalue weighted by atomic mass is 79.9. The van der Waals surface area contributed by atoms with E-state index < -0.39 is 0 Å². The monoisotopic (exact) mass is 329 g/mol. The number of carbonyl (C=O) groups excluding carboxylic acids is 1. The average molecular weight is 330 g/mol. The molecule has 0 aliphatic rings. The first-order valence-electron chi connectivity index (χ1n) is 6.08. The van der Waals surface area contributed by atoms with Gasteiger partial charge in [-0.25, -0.2) is 4.79 Å². The zero-order valence-corrected chi connectivity index (χ0v) is 13.1. The highest BCUT2D eigenvalue weighted by Crippen LogP contribution is 2.20. The molecule has 0 radical (unpaired) electrons. The molecule has 0 heterocycles. The molecule has 0 spiro atoms. The Bertz CT molecular complexity index is 446. The molecule has 5 heteroatoms. The van der Waals surface area contributed by atoms with Gasteiger partial charge in [0.2, 0.25) is 0 Å². The van der Waals surface area contributed by atoms with E-state index in [-0.39, 0.29) is 18.0 Å². The van der Waals surface area contributed by atoms with E-state index in [0.29, 0.717) is 18.7 Å². The van der Waals surface area contributed by atoms with Crippen LogP contribution in [-0.2, 0) is 11.3 Å². The Morgan fingerprint density at radius 1 is 1.47 bits per heavy atom. The Balaban J connectivity index is 2.63. The summed E-state index contributed by atoms with van der Waals surface area (Å²) in [5, 5.41) is 12.5. The van der Waals surface area contributed by atoms with E-state index in [2.05, 4.69) is 26.0 Å². The molecular weight excluding hydrogens is 310 g/mol. The largest absolute Gasteiger partial charge is 0.465 e. The van der Waals surface area contributed by atoms with Crippen LogP contribution >= 0.6 is 15.9 Å². The lowest BCUT2D eigenvalue weighted by molar-refractivity contribution is 0.0600. The second-order valence-corrected chi connectivity index (χ2v) is 6.08. The van der Waals surface area contributed by atoms with Crippen molar-refractivity contribution < 1.29 is 14.6 Å². The maximum atomic E-state index is 11.4. The fraction of sp³-hybridized carbons (Fsp3) is 0.500. The SMILES string of the molecule is COC(=O)c1ccc(CNCC(C)(C)CO)c(Br)c1. The van der Waals surface area contributed by atoms with Crippen LogP contribution in [0, 0.1) is 5.41 Å². The molecule has 0 saturated carbocycles. The van der Waals surface area contributed by atoms with E-state index in [9.17, 15) is 4.79 Å². The molecular formula is C14H20BrNO3. The van der Waals surface area contributed by atoms with Crippen LogP contribution in [0.15, 0.2) is 22.7 Å². The van der Waals surface area contributed by atoms with Gasteiger partial charge in [0.05, 0.1) is 12.7 Å². The van der Waals surface area contributed by atoms with E-state index in [4.69, 9.17) is 5.11 Å². The summed E-state index contributed by atoms with van der Waals surface area (Å²) in [6.45, 7) is 5.52. The van der Waals surface area contributed by atoms with Crippen molar-refractivity contribution >= 4 is 21.9 Å². The number of esters is 1. The Labute approximate surface area is 122 Å². The van der Waals surface area contributed by atoms with Gasteiger partial charge in [0.15, 0.2) is 0 Å². The molecule has 2 N–H and O–H groups in total. The van der Waals surface area contributed by atoms with Crippen molar-refractivity contribution in [1.29, 1.82) is 0 Å². The van der Waals surface area contributed by atoms with Crippen molar-refractivity contribution in [3.8, 4) is 0 Å². The van der Waals surface area contributed by atoms with E-state index in [1.54, 1.807) is 12.1 Å². The molecule has 0 bridgehead atoms. The summed E-state index contributed by atoms with van der Waals surface area (Å²) >= 11 is 3.45. The number of aliphatic hydroxyl groups excluding tert-OH is 1. The fourth-order valence-corrected chi connectivity index (χ4v) is 2.05. The molecule has 0 amide bonds. The molecule has 0 saturated heterocycles. The number of benzene rings is 1. The Morgan fingerprint density at radius 2 is 2.16 bits per heavy atom. The third-order valence-electron chi connectivity index (χ3n) is 2.82. The number of carbonyl (C=O) groups is 1. The van der Waals surface area contributed by atoms with Gasteiger partial charge in [-0.15, -0.1) is 0 Å². The molecule has 0 fully saturated rings. The first-order valence-corrected chi connectivity index (χ1v) is 6.87. The highest BCUT2D eigenvalue weighted by Gasteiger charge is 2.16. The molecule has 0 aromatic heterocycles. The lowest BCUT2D eigenvalue weighted by atomic mass is 9.95. The third kappa shape index (κ3) is 4.93. The number of methoxy groups -OCH3 is 1. The van der Waals surface area contributed by atoms with Gasteiger partial charge in [-0.1, -0.05) is 35.8 Å². The van der Waals surface area contributed by atoms with Crippen LogP contribution in [0.25, 0.3) is 0 Å². The van der Waals surface area contributed by atoms with Crippen LogP contribution in [0.2, 0.25) is 0 Å². The van der Waals surface area contributed by atoms with Crippen LogP contribution in [0.5, 0.6) is 0 Å². The van der Waals surface area contributed by atoms with Crippen molar-refractivity contribution in [2.45, 2.75) is 20.4 Å². The number of rotatable bonds is 6. The molecule has 1 aromatic rings. The molecule has 0 aliphatic carbocycles. The second kappa shape index (κ2) is 7.03. The smallest absolute Gasteiger partial charge is 0.337 e. The quantitative estimate of drug-likeness (QED) is 0.786. The first-order chi connectivity index (χ1) is 8.89. The number of ether oxygens (including phenoxy) is 1. The summed E-state index contributed by atoms with van der Waals surface area (Å²) in [6, 6.07) is 5.38. The van der Waals surface area contributed by atoms with Crippen molar-refractivity contribution in [2.24, 2.45) is 5.41 Å². The average Bonchev–Trinajstić information content (AvgIpc) is 2.39.